The number of aryl methyl sites for hydroxylation is 1. The van der Waals surface area contributed by atoms with E-state index in [1.165, 1.54) is 5.56 Å². The van der Waals surface area contributed by atoms with Crippen LogP contribution in [0.25, 0.3) is 0 Å². The molecule has 0 aliphatic heterocycles. The third-order valence-electron chi connectivity index (χ3n) is 1.25. The Balaban J connectivity index is 0.000000217. The Morgan fingerprint density at radius 2 is 1.67 bits per heavy atom. The SMILES string of the molecule is Cc1ccccc1.[AlH2][CH2]C(Cl)Cl. The summed E-state index contributed by atoms with van der Waals surface area (Å²) in [6.45, 7) is 2.08. The molecule has 3 heteroatoms. The molecule has 66 valence electrons. The molecule has 0 aliphatic carbocycles. The van der Waals surface area contributed by atoms with Gasteiger partial charge in [-0.1, -0.05) is 41.2 Å². The van der Waals surface area contributed by atoms with Gasteiger partial charge in [0, 0.05) is 0 Å². The standard InChI is InChI=1S/C7H8.C2H3Cl2.Al.2H/c1-7-5-3-2-4-6-7;1-2(3)4;;;/h2-6H,1H3;2H,1H2;;;. The molecular weight excluding hydrogens is 206 g/mol. The Kier molecular flexibility index (Phi) is 8.18. The Morgan fingerprint density at radius 1 is 1.25 bits per heavy atom. The average Bonchev–Trinajstić information content (AvgIpc) is 2.07. The molecule has 0 atom stereocenters. The van der Waals surface area contributed by atoms with E-state index < -0.39 is 0 Å². The maximum atomic E-state index is 5.26. The van der Waals surface area contributed by atoms with Crippen LogP contribution in [0.3, 0.4) is 0 Å². The number of hydrogen-bond acceptors (Lipinski definition) is 0. The van der Waals surface area contributed by atoms with Crippen molar-refractivity contribution in [1.29, 1.82) is 0 Å². The van der Waals surface area contributed by atoms with E-state index in [9.17, 15) is 0 Å². The molecular formula is C9H13AlCl2. The van der Waals surface area contributed by atoms with Crippen LogP contribution in [0.5, 0.6) is 0 Å². The lowest BCUT2D eigenvalue weighted by Gasteiger charge is -1.84. The van der Waals surface area contributed by atoms with Gasteiger partial charge in [-0.15, -0.1) is 23.2 Å². The molecule has 0 amide bonds. The van der Waals surface area contributed by atoms with Crippen LogP contribution in [0.1, 0.15) is 5.56 Å². The molecule has 0 fully saturated rings. The summed E-state index contributed by atoms with van der Waals surface area (Å²) in [5.41, 5.74) is 1.32. The van der Waals surface area contributed by atoms with Gasteiger partial charge < -0.3 is 0 Å². The van der Waals surface area contributed by atoms with E-state index in [-0.39, 0.29) is 4.84 Å². The number of hydrogen-bond donors (Lipinski definition) is 0. The fourth-order valence-corrected chi connectivity index (χ4v) is 0.534. The summed E-state index contributed by atoms with van der Waals surface area (Å²) in [6, 6.07) is 10.3. The first-order chi connectivity index (χ1) is 5.66. The van der Waals surface area contributed by atoms with Crippen molar-refractivity contribution in [3.63, 3.8) is 0 Å². The van der Waals surface area contributed by atoms with Gasteiger partial charge in [-0.3, -0.25) is 0 Å². The van der Waals surface area contributed by atoms with E-state index in [4.69, 9.17) is 23.2 Å². The second-order valence-electron chi connectivity index (χ2n) is 2.45. The average molecular weight is 219 g/mol. The summed E-state index contributed by atoms with van der Waals surface area (Å²) in [7, 11) is 0. The molecule has 1 aromatic carbocycles. The first-order valence-electron chi connectivity index (χ1n) is 3.96. The summed E-state index contributed by atoms with van der Waals surface area (Å²) in [5, 5.41) is 0.975. The molecule has 0 N–H and O–H groups in total. The van der Waals surface area contributed by atoms with Gasteiger partial charge in [-0.2, -0.15) is 0 Å². The molecule has 1 aromatic rings. The Labute approximate surface area is 92.3 Å². The lowest BCUT2D eigenvalue weighted by atomic mass is 10.2. The Bertz CT molecular complexity index is 187. The molecule has 0 aliphatic rings. The smallest absolute Gasteiger partial charge is 0.107 e. The van der Waals surface area contributed by atoms with Gasteiger partial charge in [-0.05, 0) is 6.92 Å². The van der Waals surface area contributed by atoms with Gasteiger partial charge in [0.05, 0.1) is 4.84 Å². The second kappa shape index (κ2) is 7.95. The van der Waals surface area contributed by atoms with E-state index in [0.717, 1.165) is 21.6 Å². The first kappa shape index (κ1) is 12.3. The monoisotopic (exact) mass is 218 g/mol. The molecule has 12 heavy (non-hydrogen) atoms. The highest BCUT2D eigenvalue weighted by molar-refractivity contribution is 6.46. The summed E-state index contributed by atoms with van der Waals surface area (Å²) >= 11 is 11.6. The highest BCUT2D eigenvalue weighted by Crippen LogP contribution is 2.02. The fourth-order valence-electron chi connectivity index (χ4n) is 0.534. The minimum atomic E-state index is -0.110. The zero-order valence-corrected chi connectivity index (χ0v) is 10.9. The zero-order valence-electron chi connectivity index (χ0n) is 7.43. The van der Waals surface area contributed by atoms with Crippen molar-refractivity contribution in [2.45, 2.75) is 17.0 Å². The van der Waals surface area contributed by atoms with Crippen LogP contribution in [0.15, 0.2) is 30.3 Å². The van der Waals surface area contributed by atoms with Crippen molar-refractivity contribution in [2.24, 2.45) is 0 Å². The van der Waals surface area contributed by atoms with E-state index in [2.05, 4.69) is 19.1 Å². The molecule has 1 rings (SSSR count). The van der Waals surface area contributed by atoms with Gasteiger partial charge in [-0.25, -0.2) is 0 Å². The molecule has 0 radical (unpaired) electrons. The molecule has 0 nitrogen and oxygen atoms in total. The van der Waals surface area contributed by atoms with Gasteiger partial charge >= 0.3 is 0 Å². The van der Waals surface area contributed by atoms with Gasteiger partial charge in [0.2, 0.25) is 16.3 Å². The van der Waals surface area contributed by atoms with Crippen LogP contribution in [-0.2, 0) is 0 Å². The molecule has 0 unspecified atom stereocenters. The van der Waals surface area contributed by atoms with Crippen LogP contribution >= 0.6 is 23.2 Å². The van der Waals surface area contributed by atoms with Gasteiger partial charge in [0.1, 0.15) is 0 Å². The van der Waals surface area contributed by atoms with Crippen LogP contribution < -0.4 is 0 Å². The summed E-state index contributed by atoms with van der Waals surface area (Å²) in [4.78, 5) is -0.110. The quantitative estimate of drug-likeness (QED) is 0.503. The van der Waals surface area contributed by atoms with Crippen molar-refractivity contribution in [3.8, 4) is 0 Å². The summed E-state index contributed by atoms with van der Waals surface area (Å²) < 4.78 is 0. The third kappa shape index (κ3) is 8.43. The topological polar surface area (TPSA) is 0 Å². The van der Waals surface area contributed by atoms with Crippen LogP contribution in [0, 0.1) is 6.92 Å². The minimum Gasteiger partial charge on any atom is -0.107 e. The highest BCUT2D eigenvalue weighted by Gasteiger charge is 1.87. The number of halogens is 2. The van der Waals surface area contributed by atoms with E-state index in [1.807, 2.05) is 18.2 Å². The molecule has 0 bridgehead atoms. The predicted molar refractivity (Wildman–Crippen MR) is 60.0 cm³/mol. The van der Waals surface area contributed by atoms with Crippen molar-refractivity contribution < 1.29 is 0 Å². The maximum Gasteiger partial charge on any atom is 0.216 e. The van der Waals surface area contributed by atoms with E-state index >= 15 is 0 Å². The van der Waals surface area contributed by atoms with Crippen molar-refractivity contribution in [1.82, 2.24) is 0 Å². The van der Waals surface area contributed by atoms with Crippen LogP contribution in [-0.4, -0.2) is 21.1 Å². The maximum absolute atomic E-state index is 5.26. The second-order valence-corrected chi connectivity index (χ2v) is 4.55. The summed E-state index contributed by atoms with van der Waals surface area (Å²) in [6.07, 6.45) is 0. The largest absolute Gasteiger partial charge is 0.216 e. The molecule has 0 heterocycles. The first-order valence-corrected chi connectivity index (χ1v) is 6.25. The normalized spacial score (nSPS) is 9.00. The van der Waals surface area contributed by atoms with Crippen molar-refractivity contribution in [2.75, 3.05) is 0 Å². The number of rotatable bonds is 1. The number of benzene rings is 1. The van der Waals surface area contributed by atoms with E-state index in [1.54, 1.807) is 0 Å². The fraction of sp³-hybridized carbons (Fsp3) is 0.333. The third-order valence-corrected chi connectivity index (χ3v) is 3.72. The lowest BCUT2D eigenvalue weighted by Crippen LogP contribution is -1.79. The molecule has 0 saturated carbocycles. The molecule has 0 aromatic heterocycles. The molecule has 0 saturated heterocycles. The van der Waals surface area contributed by atoms with Gasteiger partial charge in [0.15, 0.2) is 0 Å². The minimum absolute atomic E-state index is 0.110. The van der Waals surface area contributed by atoms with Crippen molar-refractivity contribution in [3.05, 3.63) is 35.9 Å². The number of alkyl halides is 2. The molecule has 0 spiro atoms. The lowest BCUT2D eigenvalue weighted by molar-refractivity contribution is 1.37. The van der Waals surface area contributed by atoms with Crippen LogP contribution in [0.2, 0.25) is 5.28 Å². The Hall–Kier alpha value is 0.332. The highest BCUT2D eigenvalue weighted by atomic mass is 35.5. The zero-order chi connectivity index (χ0) is 9.40. The van der Waals surface area contributed by atoms with Gasteiger partial charge in [0.25, 0.3) is 0 Å². The predicted octanol–water partition coefficient (Wildman–Crippen LogP) is 2.84. The van der Waals surface area contributed by atoms with E-state index in [0.29, 0.717) is 0 Å². The Morgan fingerprint density at radius 3 is 1.83 bits per heavy atom. The van der Waals surface area contributed by atoms with Crippen LogP contribution in [0.4, 0.5) is 0 Å². The van der Waals surface area contributed by atoms with Crippen molar-refractivity contribution >= 4 is 39.5 Å². The summed E-state index contributed by atoms with van der Waals surface area (Å²) in [5.74, 6) is 0.